The van der Waals surface area contributed by atoms with Gasteiger partial charge in [-0.2, -0.15) is 0 Å². The van der Waals surface area contributed by atoms with Crippen LogP contribution in [0.15, 0.2) is 0 Å². The smallest absolute Gasteiger partial charge is 0.238 e. The third kappa shape index (κ3) is 5.88. The van der Waals surface area contributed by atoms with Crippen LogP contribution >= 0.6 is 11.8 Å². The Morgan fingerprint density at radius 1 is 1.24 bits per heavy atom. The summed E-state index contributed by atoms with van der Waals surface area (Å²) in [6, 6.07) is 0.123. The molecular weight excluding hydrogens is 334 g/mol. The molecule has 2 aliphatic heterocycles. The van der Waals surface area contributed by atoms with Gasteiger partial charge in [0.25, 0.3) is 0 Å². The highest BCUT2D eigenvalue weighted by molar-refractivity contribution is 8.01. The van der Waals surface area contributed by atoms with E-state index in [-0.39, 0.29) is 22.9 Å². The Bertz CT molecular complexity index is 450. The van der Waals surface area contributed by atoms with E-state index < -0.39 is 0 Å². The van der Waals surface area contributed by atoms with Crippen molar-refractivity contribution in [1.82, 2.24) is 15.5 Å². The number of amides is 2. The summed E-state index contributed by atoms with van der Waals surface area (Å²) in [6.45, 7) is 7.94. The molecule has 0 aromatic rings. The number of nitrogens with zero attached hydrogens (tertiary/aromatic N) is 1. The van der Waals surface area contributed by atoms with Gasteiger partial charge in [-0.05, 0) is 32.6 Å². The first-order valence-corrected chi connectivity index (χ1v) is 11.0. The molecule has 0 aromatic heterocycles. The summed E-state index contributed by atoms with van der Waals surface area (Å²) in [5.74, 6) is 1.25. The van der Waals surface area contributed by atoms with Crippen molar-refractivity contribution in [2.45, 2.75) is 89.1 Å². The van der Waals surface area contributed by atoms with Crippen molar-refractivity contribution in [3.05, 3.63) is 0 Å². The molecule has 0 unspecified atom stereocenters. The van der Waals surface area contributed by atoms with Gasteiger partial charge in [0.05, 0.1) is 10.9 Å². The number of piperidine rings is 1. The van der Waals surface area contributed by atoms with Crippen LogP contribution in [-0.4, -0.2) is 52.5 Å². The van der Waals surface area contributed by atoms with Crippen molar-refractivity contribution in [3.63, 3.8) is 0 Å². The molecule has 1 spiro atoms. The Hall–Kier alpha value is -0.750. The van der Waals surface area contributed by atoms with Crippen LogP contribution in [0.5, 0.6) is 0 Å². The highest BCUT2D eigenvalue weighted by atomic mass is 32.2. The van der Waals surface area contributed by atoms with Crippen molar-refractivity contribution >= 4 is 23.6 Å². The standard InChI is InChI=1S/C19H35N3O2S/c1-4-6-7-8-9-17(23)22-12-10-19(11-13-22)21-16(14-25-19)18(24)20-15(3)5-2/h15-16,21H,4-14H2,1-3H3,(H,20,24)/t15-,16+/m1/s1. The van der Waals surface area contributed by atoms with Crippen LogP contribution in [-0.2, 0) is 9.59 Å². The molecule has 2 heterocycles. The number of hydrogen-bond donors (Lipinski definition) is 2. The second-order valence-corrected chi connectivity index (χ2v) is 8.92. The molecule has 5 nitrogen and oxygen atoms in total. The highest BCUT2D eigenvalue weighted by Crippen LogP contribution is 2.39. The third-order valence-corrected chi connectivity index (χ3v) is 7.03. The summed E-state index contributed by atoms with van der Waals surface area (Å²) in [6.07, 6.45) is 8.10. The Balaban J connectivity index is 1.74. The molecule has 0 aromatic carbocycles. The molecule has 2 N–H and O–H groups in total. The van der Waals surface area contributed by atoms with Gasteiger partial charge in [0.2, 0.25) is 11.8 Å². The van der Waals surface area contributed by atoms with Gasteiger partial charge in [-0.25, -0.2) is 0 Å². The maximum atomic E-state index is 12.3. The Labute approximate surface area is 157 Å². The molecule has 2 rings (SSSR count). The molecule has 6 heteroatoms. The predicted octanol–water partition coefficient (Wildman–Crippen LogP) is 2.90. The quantitative estimate of drug-likeness (QED) is 0.646. The molecule has 2 amide bonds. The SMILES string of the molecule is CCCCCCC(=O)N1CCC2(CC1)N[C@H](C(=O)N[C@H](C)CC)CS2. The van der Waals surface area contributed by atoms with Gasteiger partial charge in [0.15, 0.2) is 0 Å². The van der Waals surface area contributed by atoms with E-state index in [4.69, 9.17) is 0 Å². The number of unbranched alkanes of at least 4 members (excludes halogenated alkanes) is 3. The lowest BCUT2D eigenvalue weighted by atomic mass is 10.0. The van der Waals surface area contributed by atoms with Crippen molar-refractivity contribution in [2.75, 3.05) is 18.8 Å². The average molecular weight is 370 g/mol. The number of carbonyl (C=O) groups is 2. The molecule has 2 aliphatic rings. The predicted molar refractivity (Wildman–Crippen MR) is 105 cm³/mol. The van der Waals surface area contributed by atoms with E-state index in [1.807, 2.05) is 23.6 Å². The van der Waals surface area contributed by atoms with Crippen molar-refractivity contribution < 1.29 is 9.59 Å². The zero-order valence-corrected chi connectivity index (χ0v) is 16.9. The van der Waals surface area contributed by atoms with E-state index in [2.05, 4.69) is 24.5 Å². The molecule has 2 saturated heterocycles. The van der Waals surface area contributed by atoms with E-state index >= 15 is 0 Å². The topological polar surface area (TPSA) is 61.4 Å². The molecule has 2 fully saturated rings. The largest absolute Gasteiger partial charge is 0.352 e. The first-order chi connectivity index (χ1) is 12.0. The van der Waals surface area contributed by atoms with Gasteiger partial charge < -0.3 is 10.2 Å². The molecule has 25 heavy (non-hydrogen) atoms. The second kappa shape index (κ2) is 9.81. The molecule has 0 radical (unpaired) electrons. The lowest BCUT2D eigenvalue weighted by Crippen LogP contribution is -2.55. The molecule has 0 bridgehead atoms. The fraction of sp³-hybridized carbons (Fsp3) is 0.895. The van der Waals surface area contributed by atoms with Gasteiger partial charge in [0.1, 0.15) is 0 Å². The van der Waals surface area contributed by atoms with Crippen LogP contribution in [0.2, 0.25) is 0 Å². The summed E-state index contributed by atoms with van der Waals surface area (Å²) in [4.78, 5) is 26.7. The number of hydrogen-bond acceptors (Lipinski definition) is 4. The lowest BCUT2D eigenvalue weighted by molar-refractivity contribution is -0.133. The lowest BCUT2D eigenvalue weighted by Gasteiger charge is -2.39. The van der Waals surface area contributed by atoms with E-state index in [1.54, 1.807) is 0 Å². The Kier molecular flexibility index (Phi) is 8.07. The molecule has 0 aliphatic carbocycles. The number of nitrogens with one attached hydrogen (secondary N) is 2. The number of thioether (sulfide) groups is 1. The molecular formula is C19H35N3O2S. The maximum Gasteiger partial charge on any atom is 0.238 e. The van der Waals surface area contributed by atoms with Crippen LogP contribution < -0.4 is 10.6 Å². The van der Waals surface area contributed by atoms with Crippen LogP contribution in [0.25, 0.3) is 0 Å². The summed E-state index contributed by atoms with van der Waals surface area (Å²) in [5, 5.41) is 6.64. The van der Waals surface area contributed by atoms with E-state index in [9.17, 15) is 9.59 Å². The van der Waals surface area contributed by atoms with E-state index in [0.29, 0.717) is 12.3 Å². The molecule has 2 atom stereocenters. The number of carbonyl (C=O) groups excluding carboxylic acids is 2. The first-order valence-electron chi connectivity index (χ1n) is 9.99. The second-order valence-electron chi connectivity index (χ2n) is 7.51. The summed E-state index contributed by atoms with van der Waals surface area (Å²) in [7, 11) is 0. The molecule has 0 saturated carbocycles. The first kappa shape index (κ1) is 20.6. The Morgan fingerprint density at radius 2 is 1.96 bits per heavy atom. The van der Waals surface area contributed by atoms with Crippen molar-refractivity contribution in [3.8, 4) is 0 Å². The van der Waals surface area contributed by atoms with Gasteiger partial charge in [-0.3, -0.25) is 14.9 Å². The molecule has 144 valence electrons. The summed E-state index contributed by atoms with van der Waals surface area (Å²) >= 11 is 1.87. The van der Waals surface area contributed by atoms with Crippen LogP contribution in [0, 0.1) is 0 Å². The number of rotatable bonds is 8. The minimum atomic E-state index is -0.102. The van der Waals surface area contributed by atoms with Gasteiger partial charge >= 0.3 is 0 Å². The maximum absolute atomic E-state index is 12.3. The van der Waals surface area contributed by atoms with Gasteiger partial charge in [0, 0.05) is 31.3 Å². The monoisotopic (exact) mass is 369 g/mol. The third-order valence-electron chi connectivity index (χ3n) is 5.45. The zero-order valence-electron chi connectivity index (χ0n) is 16.1. The highest BCUT2D eigenvalue weighted by Gasteiger charge is 2.44. The minimum Gasteiger partial charge on any atom is -0.352 e. The minimum absolute atomic E-state index is 0.0174. The van der Waals surface area contributed by atoms with Gasteiger partial charge in [-0.1, -0.05) is 33.1 Å². The fourth-order valence-corrected chi connectivity index (χ4v) is 4.91. The normalized spacial score (nSPS) is 23.6. The van der Waals surface area contributed by atoms with E-state index in [0.717, 1.165) is 50.9 Å². The zero-order chi connectivity index (χ0) is 18.3. The number of likely N-dealkylation sites (tertiary alicyclic amines) is 1. The van der Waals surface area contributed by atoms with E-state index in [1.165, 1.54) is 12.8 Å². The fourth-order valence-electron chi connectivity index (χ4n) is 3.50. The van der Waals surface area contributed by atoms with Crippen LogP contribution in [0.1, 0.15) is 72.1 Å². The van der Waals surface area contributed by atoms with Crippen molar-refractivity contribution in [1.29, 1.82) is 0 Å². The van der Waals surface area contributed by atoms with Gasteiger partial charge in [-0.15, -0.1) is 11.8 Å². The Morgan fingerprint density at radius 3 is 2.60 bits per heavy atom. The average Bonchev–Trinajstić information content (AvgIpc) is 3.03. The summed E-state index contributed by atoms with van der Waals surface area (Å²) < 4.78 is 0. The summed E-state index contributed by atoms with van der Waals surface area (Å²) in [5.41, 5.74) is 0. The van der Waals surface area contributed by atoms with Crippen LogP contribution in [0.3, 0.4) is 0 Å². The van der Waals surface area contributed by atoms with Crippen molar-refractivity contribution in [2.24, 2.45) is 0 Å². The van der Waals surface area contributed by atoms with Crippen LogP contribution in [0.4, 0.5) is 0 Å².